The number of rotatable bonds is 3. The fourth-order valence-corrected chi connectivity index (χ4v) is 1.61. The van der Waals surface area contributed by atoms with Crippen LogP contribution in [0.1, 0.15) is 12.8 Å². The fourth-order valence-electron chi connectivity index (χ4n) is 1.61. The number of aliphatic hydroxyl groups is 1. The van der Waals surface area contributed by atoms with Crippen LogP contribution in [0.3, 0.4) is 0 Å². The van der Waals surface area contributed by atoms with Crippen LogP contribution in [-0.4, -0.2) is 41.7 Å². The van der Waals surface area contributed by atoms with Gasteiger partial charge in [0.1, 0.15) is 0 Å². The lowest BCUT2D eigenvalue weighted by Crippen LogP contribution is -2.49. The van der Waals surface area contributed by atoms with Gasteiger partial charge < -0.3 is 5.11 Å². The Hall–Kier alpha value is -0.480. The van der Waals surface area contributed by atoms with Crippen molar-refractivity contribution < 1.29 is 13.9 Å². The number of β-amino-alcohol motifs (C(OH)–C–C–N with tert-alkyl or cyclic N) is 1. The van der Waals surface area contributed by atoms with Crippen molar-refractivity contribution in [3.05, 3.63) is 12.7 Å². The average Bonchev–Trinajstić information content (AvgIpc) is 1.97. The van der Waals surface area contributed by atoms with Crippen LogP contribution in [0.5, 0.6) is 0 Å². The summed E-state index contributed by atoms with van der Waals surface area (Å²) in [7, 11) is 0. The summed E-state index contributed by atoms with van der Waals surface area (Å²) in [4.78, 5) is 1.58. The largest absolute Gasteiger partial charge is 0.392 e. The van der Waals surface area contributed by atoms with E-state index in [9.17, 15) is 8.78 Å². The van der Waals surface area contributed by atoms with Crippen molar-refractivity contribution in [1.29, 1.82) is 0 Å². The Bertz CT molecular complexity index is 184. The Morgan fingerprint density at radius 1 is 1.62 bits per heavy atom. The summed E-state index contributed by atoms with van der Waals surface area (Å²) in [5.41, 5.74) is 0. The third-order valence-electron chi connectivity index (χ3n) is 2.11. The first-order valence-corrected chi connectivity index (χ1v) is 4.42. The second kappa shape index (κ2) is 4.15. The highest BCUT2D eigenvalue weighted by Crippen LogP contribution is 2.26. The zero-order valence-corrected chi connectivity index (χ0v) is 7.55. The molecule has 76 valence electrons. The Kier molecular flexibility index (Phi) is 3.39. The van der Waals surface area contributed by atoms with E-state index in [1.165, 1.54) is 0 Å². The van der Waals surface area contributed by atoms with E-state index in [2.05, 4.69) is 6.58 Å². The highest BCUT2D eigenvalue weighted by atomic mass is 19.3. The molecule has 1 heterocycles. The number of hydrogen-bond donors (Lipinski definition) is 1. The van der Waals surface area contributed by atoms with Crippen LogP contribution in [0.15, 0.2) is 12.7 Å². The molecule has 0 aromatic rings. The molecule has 1 rings (SSSR count). The Balaban J connectivity index is 2.42. The van der Waals surface area contributed by atoms with Crippen LogP contribution < -0.4 is 0 Å². The van der Waals surface area contributed by atoms with Crippen molar-refractivity contribution in [2.24, 2.45) is 0 Å². The third-order valence-corrected chi connectivity index (χ3v) is 2.11. The summed E-state index contributed by atoms with van der Waals surface area (Å²) in [5.74, 6) is -2.74. The van der Waals surface area contributed by atoms with Crippen LogP contribution in [0.4, 0.5) is 8.78 Å². The Labute approximate surface area is 76.8 Å². The molecular weight excluding hydrogens is 176 g/mol. The maximum atomic E-state index is 12.9. The molecule has 1 unspecified atom stereocenters. The molecule has 0 aromatic heterocycles. The van der Waals surface area contributed by atoms with Crippen LogP contribution in [0.25, 0.3) is 0 Å². The van der Waals surface area contributed by atoms with E-state index in [1.54, 1.807) is 11.0 Å². The second-order valence-corrected chi connectivity index (χ2v) is 3.53. The van der Waals surface area contributed by atoms with Crippen molar-refractivity contribution in [2.45, 2.75) is 24.9 Å². The highest BCUT2D eigenvalue weighted by Gasteiger charge is 2.39. The van der Waals surface area contributed by atoms with Crippen LogP contribution in [-0.2, 0) is 0 Å². The van der Waals surface area contributed by atoms with Gasteiger partial charge in [0.2, 0.25) is 0 Å². The summed E-state index contributed by atoms with van der Waals surface area (Å²) in [6.07, 6.45) is 1.08. The topological polar surface area (TPSA) is 23.5 Å². The van der Waals surface area contributed by atoms with Crippen molar-refractivity contribution in [3.8, 4) is 0 Å². The Morgan fingerprint density at radius 3 is 2.85 bits per heavy atom. The molecule has 2 nitrogen and oxygen atoms in total. The van der Waals surface area contributed by atoms with Crippen molar-refractivity contribution >= 4 is 0 Å². The molecule has 13 heavy (non-hydrogen) atoms. The molecular formula is C9H15F2NO. The molecule has 0 radical (unpaired) electrons. The first-order chi connectivity index (χ1) is 6.03. The molecule has 1 N–H and O–H groups in total. The van der Waals surface area contributed by atoms with Gasteiger partial charge in [0, 0.05) is 19.5 Å². The zero-order chi connectivity index (χ0) is 9.90. The maximum Gasteiger partial charge on any atom is 0.263 e. The highest BCUT2D eigenvalue weighted by molar-refractivity contribution is 4.85. The van der Waals surface area contributed by atoms with E-state index in [0.717, 1.165) is 0 Å². The average molecular weight is 191 g/mol. The van der Waals surface area contributed by atoms with Gasteiger partial charge in [-0.05, 0) is 6.42 Å². The minimum atomic E-state index is -2.74. The number of alkyl halides is 2. The van der Waals surface area contributed by atoms with Crippen LogP contribution >= 0.6 is 0 Å². The minimum absolute atomic E-state index is 0.238. The molecule has 0 aliphatic carbocycles. The van der Waals surface area contributed by atoms with Gasteiger partial charge >= 0.3 is 0 Å². The molecule has 1 aliphatic rings. The number of hydrogen-bond acceptors (Lipinski definition) is 2. The van der Waals surface area contributed by atoms with E-state index < -0.39 is 18.4 Å². The van der Waals surface area contributed by atoms with E-state index in [0.29, 0.717) is 19.5 Å². The van der Waals surface area contributed by atoms with Gasteiger partial charge in [-0.15, -0.1) is 6.58 Å². The first-order valence-electron chi connectivity index (χ1n) is 4.42. The number of piperidine rings is 1. The fraction of sp³-hybridized carbons (Fsp3) is 0.778. The number of nitrogens with zero attached hydrogens (tertiary/aromatic N) is 1. The molecule has 0 bridgehead atoms. The van der Waals surface area contributed by atoms with Crippen LogP contribution in [0.2, 0.25) is 0 Å². The maximum absolute atomic E-state index is 12.9. The molecule has 0 amide bonds. The van der Waals surface area contributed by atoms with Gasteiger partial charge in [0.05, 0.1) is 12.6 Å². The summed E-state index contributed by atoms with van der Waals surface area (Å²) in [6.45, 7) is 4.19. The molecule has 4 heteroatoms. The first kappa shape index (κ1) is 10.6. The predicted molar refractivity (Wildman–Crippen MR) is 46.8 cm³/mol. The van der Waals surface area contributed by atoms with E-state index in [1.807, 2.05) is 0 Å². The number of aliphatic hydroxyl groups excluding tert-OH is 1. The van der Waals surface area contributed by atoms with Crippen molar-refractivity contribution in [3.63, 3.8) is 0 Å². The van der Waals surface area contributed by atoms with Crippen LogP contribution in [0, 0.1) is 0 Å². The summed E-state index contributed by atoms with van der Waals surface area (Å²) >= 11 is 0. The van der Waals surface area contributed by atoms with Crippen molar-refractivity contribution in [2.75, 3.05) is 19.6 Å². The number of halogens is 2. The van der Waals surface area contributed by atoms with Gasteiger partial charge in [0.25, 0.3) is 5.92 Å². The molecule has 0 spiro atoms. The van der Waals surface area contributed by atoms with E-state index in [4.69, 9.17) is 5.11 Å². The normalized spacial score (nSPS) is 28.7. The zero-order valence-electron chi connectivity index (χ0n) is 7.55. The van der Waals surface area contributed by atoms with Gasteiger partial charge in [-0.2, -0.15) is 0 Å². The van der Waals surface area contributed by atoms with Gasteiger partial charge in [0.15, 0.2) is 0 Å². The third kappa shape index (κ3) is 3.40. The Morgan fingerprint density at radius 2 is 2.31 bits per heavy atom. The summed E-state index contributed by atoms with van der Waals surface area (Å²) in [6, 6.07) is 0. The van der Waals surface area contributed by atoms with Gasteiger partial charge in [-0.3, -0.25) is 4.90 Å². The van der Waals surface area contributed by atoms with E-state index >= 15 is 0 Å². The standard InChI is InChI=1S/C9H15F2NO/c1-2-3-4-12-6-8(13)5-9(10,11)7-12/h2,8,13H,1,3-7H2. The molecule has 0 aromatic carbocycles. The molecule has 1 atom stereocenters. The summed E-state index contributed by atoms with van der Waals surface area (Å²) < 4.78 is 25.8. The SMILES string of the molecule is C=CCCN1CC(O)CC(F)(F)C1. The lowest BCUT2D eigenvalue weighted by Gasteiger charge is -2.35. The molecule has 1 saturated heterocycles. The quantitative estimate of drug-likeness (QED) is 0.679. The molecule has 1 fully saturated rings. The minimum Gasteiger partial charge on any atom is -0.392 e. The molecule has 0 saturated carbocycles. The lowest BCUT2D eigenvalue weighted by molar-refractivity contribution is -0.106. The number of likely N-dealkylation sites (tertiary alicyclic amines) is 1. The van der Waals surface area contributed by atoms with E-state index in [-0.39, 0.29) is 6.54 Å². The van der Waals surface area contributed by atoms with Crippen molar-refractivity contribution in [1.82, 2.24) is 4.90 Å². The monoisotopic (exact) mass is 191 g/mol. The smallest absolute Gasteiger partial charge is 0.263 e. The second-order valence-electron chi connectivity index (χ2n) is 3.53. The molecule has 1 aliphatic heterocycles. The predicted octanol–water partition coefficient (Wildman–Crippen LogP) is 1.26. The van der Waals surface area contributed by atoms with Gasteiger partial charge in [-0.1, -0.05) is 6.08 Å². The summed E-state index contributed by atoms with van der Waals surface area (Å²) in [5, 5.41) is 9.17. The lowest BCUT2D eigenvalue weighted by atomic mass is 10.0. The van der Waals surface area contributed by atoms with Gasteiger partial charge in [-0.25, -0.2) is 8.78 Å².